The molecule has 14 heavy (non-hydrogen) atoms. The summed E-state index contributed by atoms with van der Waals surface area (Å²) in [5.41, 5.74) is 5.94. The van der Waals surface area contributed by atoms with Crippen molar-refractivity contribution in [2.24, 2.45) is 5.73 Å². The fourth-order valence-electron chi connectivity index (χ4n) is 1.36. The predicted octanol–water partition coefficient (Wildman–Crippen LogP) is 2.48. The lowest BCUT2D eigenvalue weighted by Gasteiger charge is -2.04. The van der Waals surface area contributed by atoms with Gasteiger partial charge in [0.1, 0.15) is 23.3 Å². The second kappa shape index (κ2) is 3.72. The summed E-state index contributed by atoms with van der Waals surface area (Å²) < 4.78 is 10.7. The van der Waals surface area contributed by atoms with Crippen LogP contribution in [-0.4, -0.2) is 0 Å². The van der Waals surface area contributed by atoms with Crippen LogP contribution in [0, 0.1) is 0 Å². The van der Waals surface area contributed by atoms with Gasteiger partial charge in [0.25, 0.3) is 0 Å². The fourth-order valence-corrected chi connectivity index (χ4v) is 1.36. The quantitative estimate of drug-likeness (QED) is 0.810. The van der Waals surface area contributed by atoms with Gasteiger partial charge in [-0.25, -0.2) is 0 Å². The SMILES string of the molecule is CCc1ccc(C(N)c2ccco2)o1. The molecular formula is C11H13NO2. The molecule has 0 saturated heterocycles. The van der Waals surface area contributed by atoms with Crippen LogP contribution in [0.1, 0.15) is 30.2 Å². The first-order valence-corrected chi connectivity index (χ1v) is 4.69. The number of aryl methyl sites for hydroxylation is 1. The first-order chi connectivity index (χ1) is 6.81. The lowest BCUT2D eigenvalue weighted by Crippen LogP contribution is -2.09. The molecule has 3 heteroatoms. The molecule has 0 bridgehead atoms. The van der Waals surface area contributed by atoms with E-state index in [1.54, 1.807) is 6.26 Å². The van der Waals surface area contributed by atoms with Gasteiger partial charge < -0.3 is 14.6 Å². The summed E-state index contributed by atoms with van der Waals surface area (Å²) in [5, 5.41) is 0. The Morgan fingerprint density at radius 3 is 2.71 bits per heavy atom. The smallest absolute Gasteiger partial charge is 0.128 e. The van der Waals surface area contributed by atoms with Crippen LogP contribution in [0.4, 0.5) is 0 Å². The molecule has 0 spiro atoms. The Labute approximate surface area is 82.5 Å². The van der Waals surface area contributed by atoms with Gasteiger partial charge in [0.2, 0.25) is 0 Å². The zero-order chi connectivity index (χ0) is 9.97. The first kappa shape index (κ1) is 9.09. The van der Waals surface area contributed by atoms with E-state index in [-0.39, 0.29) is 6.04 Å². The van der Waals surface area contributed by atoms with Gasteiger partial charge in [-0.05, 0) is 24.3 Å². The van der Waals surface area contributed by atoms with Gasteiger partial charge in [-0.15, -0.1) is 0 Å². The Hall–Kier alpha value is -1.48. The van der Waals surface area contributed by atoms with Crippen LogP contribution in [-0.2, 0) is 6.42 Å². The van der Waals surface area contributed by atoms with E-state index in [4.69, 9.17) is 14.6 Å². The van der Waals surface area contributed by atoms with Gasteiger partial charge in [-0.2, -0.15) is 0 Å². The van der Waals surface area contributed by atoms with Crippen LogP contribution >= 0.6 is 0 Å². The van der Waals surface area contributed by atoms with Crippen molar-refractivity contribution in [1.82, 2.24) is 0 Å². The summed E-state index contributed by atoms with van der Waals surface area (Å²) in [4.78, 5) is 0. The highest BCUT2D eigenvalue weighted by molar-refractivity contribution is 5.19. The highest BCUT2D eigenvalue weighted by Gasteiger charge is 2.14. The van der Waals surface area contributed by atoms with Crippen LogP contribution in [0.15, 0.2) is 39.4 Å². The van der Waals surface area contributed by atoms with Gasteiger partial charge >= 0.3 is 0 Å². The van der Waals surface area contributed by atoms with E-state index < -0.39 is 0 Å². The molecule has 0 aromatic carbocycles. The van der Waals surface area contributed by atoms with Crippen molar-refractivity contribution in [2.75, 3.05) is 0 Å². The van der Waals surface area contributed by atoms with Crippen molar-refractivity contribution in [1.29, 1.82) is 0 Å². The summed E-state index contributed by atoms with van der Waals surface area (Å²) in [6, 6.07) is 7.20. The average molecular weight is 191 g/mol. The van der Waals surface area contributed by atoms with Gasteiger partial charge in [-0.1, -0.05) is 6.92 Å². The fraction of sp³-hybridized carbons (Fsp3) is 0.273. The molecule has 2 N–H and O–H groups in total. The number of hydrogen-bond acceptors (Lipinski definition) is 3. The standard InChI is InChI=1S/C11H13NO2/c1-2-8-5-6-10(14-8)11(12)9-4-3-7-13-9/h3-7,11H,2,12H2,1H3. The van der Waals surface area contributed by atoms with E-state index in [9.17, 15) is 0 Å². The Morgan fingerprint density at radius 2 is 2.14 bits per heavy atom. The molecule has 2 heterocycles. The molecule has 1 unspecified atom stereocenters. The number of hydrogen-bond donors (Lipinski definition) is 1. The minimum atomic E-state index is -0.301. The highest BCUT2D eigenvalue weighted by Crippen LogP contribution is 2.21. The van der Waals surface area contributed by atoms with Gasteiger partial charge in [0.15, 0.2) is 0 Å². The minimum Gasteiger partial charge on any atom is -0.467 e. The second-order valence-corrected chi connectivity index (χ2v) is 3.15. The molecule has 2 aromatic rings. The summed E-state index contributed by atoms with van der Waals surface area (Å²) in [7, 11) is 0. The van der Waals surface area contributed by atoms with E-state index in [0.717, 1.165) is 23.7 Å². The van der Waals surface area contributed by atoms with Crippen molar-refractivity contribution in [3.05, 3.63) is 47.8 Å². The largest absolute Gasteiger partial charge is 0.467 e. The molecule has 0 aliphatic rings. The third-order valence-electron chi connectivity index (χ3n) is 2.19. The number of nitrogens with two attached hydrogens (primary N) is 1. The zero-order valence-electron chi connectivity index (χ0n) is 8.07. The molecule has 1 atom stereocenters. The van der Waals surface area contributed by atoms with E-state index in [2.05, 4.69) is 0 Å². The lowest BCUT2D eigenvalue weighted by molar-refractivity contribution is 0.415. The van der Waals surface area contributed by atoms with Crippen LogP contribution in [0.2, 0.25) is 0 Å². The van der Waals surface area contributed by atoms with Crippen molar-refractivity contribution in [3.63, 3.8) is 0 Å². The van der Waals surface area contributed by atoms with E-state index in [1.807, 2.05) is 31.2 Å². The third kappa shape index (κ3) is 1.59. The molecule has 3 nitrogen and oxygen atoms in total. The van der Waals surface area contributed by atoms with Gasteiger partial charge in [0, 0.05) is 6.42 Å². The number of rotatable bonds is 3. The van der Waals surface area contributed by atoms with Crippen LogP contribution < -0.4 is 5.73 Å². The maximum Gasteiger partial charge on any atom is 0.128 e. The van der Waals surface area contributed by atoms with Crippen molar-refractivity contribution in [3.8, 4) is 0 Å². The normalized spacial score (nSPS) is 13.0. The zero-order valence-corrected chi connectivity index (χ0v) is 8.07. The Balaban J connectivity index is 2.23. The molecule has 2 rings (SSSR count). The molecular weight excluding hydrogens is 178 g/mol. The van der Waals surface area contributed by atoms with Crippen molar-refractivity contribution >= 4 is 0 Å². The molecule has 0 aliphatic carbocycles. The van der Waals surface area contributed by atoms with Crippen molar-refractivity contribution < 1.29 is 8.83 Å². The van der Waals surface area contributed by atoms with E-state index in [1.165, 1.54) is 0 Å². The summed E-state index contributed by atoms with van der Waals surface area (Å²) in [6.45, 7) is 2.04. The van der Waals surface area contributed by atoms with E-state index >= 15 is 0 Å². The van der Waals surface area contributed by atoms with Crippen LogP contribution in [0.5, 0.6) is 0 Å². The molecule has 74 valence electrons. The van der Waals surface area contributed by atoms with E-state index in [0.29, 0.717) is 0 Å². The Morgan fingerprint density at radius 1 is 1.29 bits per heavy atom. The van der Waals surface area contributed by atoms with Crippen molar-refractivity contribution in [2.45, 2.75) is 19.4 Å². The summed E-state index contributed by atoms with van der Waals surface area (Å²) >= 11 is 0. The molecule has 0 saturated carbocycles. The summed E-state index contributed by atoms with van der Waals surface area (Å²) in [5.74, 6) is 2.42. The molecule has 0 amide bonds. The number of furan rings is 2. The highest BCUT2D eigenvalue weighted by atomic mass is 16.4. The van der Waals surface area contributed by atoms with Gasteiger partial charge in [0.05, 0.1) is 6.26 Å². The summed E-state index contributed by atoms with van der Waals surface area (Å²) in [6.07, 6.45) is 2.49. The molecule has 2 aromatic heterocycles. The molecule has 0 aliphatic heterocycles. The Kier molecular flexibility index (Phi) is 2.41. The topological polar surface area (TPSA) is 52.3 Å². The first-order valence-electron chi connectivity index (χ1n) is 4.69. The minimum absolute atomic E-state index is 0.301. The third-order valence-corrected chi connectivity index (χ3v) is 2.19. The Bertz CT molecular complexity index is 389. The molecule has 0 radical (unpaired) electrons. The van der Waals surface area contributed by atoms with Gasteiger partial charge in [-0.3, -0.25) is 0 Å². The maximum atomic E-state index is 5.94. The second-order valence-electron chi connectivity index (χ2n) is 3.15. The average Bonchev–Trinajstić information content (AvgIpc) is 2.88. The molecule has 0 fully saturated rings. The lowest BCUT2D eigenvalue weighted by atomic mass is 10.2. The monoisotopic (exact) mass is 191 g/mol. The predicted molar refractivity (Wildman–Crippen MR) is 52.8 cm³/mol. The van der Waals surface area contributed by atoms with Crippen LogP contribution in [0.3, 0.4) is 0 Å². The maximum absolute atomic E-state index is 5.94. The van der Waals surface area contributed by atoms with Crippen LogP contribution in [0.25, 0.3) is 0 Å².